The van der Waals surface area contributed by atoms with Crippen LogP contribution in [0.2, 0.25) is 0 Å². The maximum atomic E-state index is 12.6. The van der Waals surface area contributed by atoms with Crippen molar-refractivity contribution in [1.82, 2.24) is 0 Å². The molecule has 3 rings (SSSR count). The summed E-state index contributed by atoms with van der Waals surface area (Å²) in [7, 11) is 0. The third-order valence-electron chi connectivity index (χ3n) is 4.81. The zero-order valence-corrected chi connectivity index (χ0v) is 14.9. The highest BCUT2D eigenvalue weighted by Gasteiger charge is 2.18. The minimum absolute atomic E-state index is 0.0573. The summed E-state index contributed by atoms with van der Waals surface area (Å²) in [6, 6.07) is 12.2. The standard InChI is InChI=1S/C22H25NO3/c23-18-12-9-16(10-13-18)11-14-20(25)22-19(24)7-4-8-21(22)26-15-17-5-2-1-3-6-17/h4,7-14,17,24H,1-3,5-6,15,23H2/b14-11+. The fraction of sp³-hybridized carbons (Fsp3) is 0.318. The van der Waals surface area contributed by atoms with Crippen LogP contribution in [0.3, 0.4) is 0 Å². The lowest BCUT2D eigenvalue weighted by Crippen LogP contribution is -2.16. The number of phenolic OH excluding ortho intramolecular Hbond substituents is 1. The molecule has 1 aliphatic carbocycles. The van der Waals surface area contributed by atoms with E-state index in [1.54, 1.807) is 30.3 Å². The van der Waals surface area contributed by atoms with E-state index in [4.69, 9.17) is 10.5 Å². The Bertz CT molecular complexity index is 774. The molecule has 4 heteroatoms. The van der Waals surface area contributed by atoms with Crippen LogP contribution in [0.5, 0.6) is 11.5 Å². The molecule has 0 amide bonds. The van der Waals surface area contributed by atoms with Crippen LogP contribution in [0.15, 0.2) is 48.5 Å². The molecule has 0 heterocycles. The third-order valence-corrected chi connectivity index (χ3v) is 4.81. The molecule has 0 radical (unpaired) electrons. The third kappa shape index (κ3) is 4.66. The first-order valence-corrected chi connectivity index (χ1v) is 9.16. The first-order valence-electron chi connectivity index (χ1n) is 9.16. The number of ether oxygens (including phenoxy) is 1. The molecule has 2 aromatic carbocycles. The van der Waals surface area contributed by atoms with Gasteiger partial charge in [0, 0.05) is 5.69 Å². The van der Waals surface area contributed by atoms with Crippen LogP contribution in [-0.4, -0.2) is 17.5 Å². The van der Waals surface area contributed by atoms with Gasteiger partial charge < -0.3 is 15.6 Å². The van der Waals surface area contributed by atoms with E-state index in [-0.39, 0.29) is 17.1 Å². The van der Waals surface area contributed by atoms with Crippen molar-refractivity contribution in [2.75, 3.05) is 12.3 Å². The SMILES string of the molecule is Nc1ccc(/C=C/C(=O)c2c(O)cccc2OCC2CCCCC2)cc1. The highest BCUT2D eigenvalue weighted by Crippen LogP contribution is 2.30. The Kier molecular flexibility index (Phi) is 5.95. The van der Waals surface area contributed by atoms with Gasteiger partial charge in [-0.05, 0) is 54.7 Å². The number of nitrogens with two attached hydrogens (primary N) is 1. The molecule has 26 heavy (non-hydrogen) atoms. The second kappa shape index (κ2) is 8.56. The first-order chi connectivity index (χ1) is 12.6. The van der Waals surface area contributed by atoms with Gasteiger partial charge in [-0.3, -0.25) is 4.79 Å². The topological polar surface area (TPSA) is 72.6 Å². The van der Waals surface area contributed by atoms with Gasteiger partial charge in [0.15, 0.2) is 5.78 Å². The van der Waals surface area contributed by atoms with Gasteiger partial charge in [-0.2, -0.15) is 0 Å². The lowest BCUT2D eigenvalue weighted by atomic mass is 9.90. The number of hydrogen-bond donors (Lipinski definition) is 2. The molecular weight excluding hydrogens is 326 g/mol. The van der Waals surface area contributed by atoms with Crippen molar-refractivity contribution in [2.45, 2.75) is 32.1 Å². The average Bonchev–Trinajstić information content (AvgIpc) is 2.66. The molecular formula is C22H25NO3. The van der Waals surface area contributed by atoms with E-state index < -0.39 is 0 Å². The zero-order chi connectivity index (χ0) is 18.4. The number of aromatic hydroxyl groups is 1. The Hall–Kier alpha value is -2.75. The number of carbonyl (C=O) groups is 1. The maximum absolute atomic E-state index is 12.6. The quantitative estimate of drug-likeness (QED) is 0.444. The predicted octanol–water partition coefficient (Wildman–Crippen LogP) is 4.83. The number of ketones is 1. The molecule has 0 aliphatic heterocycles. The molecule has 0 atom stereocenters. The summed E-state index contributed by atoms with van der Waals surface area (Å²) in [6.07, 6.45) is 9.27. The van der Waals surface area contributed by atoms with Crippen molar-refractivity contribution < 1.29 is 14.6 Å². The van der Waals surface area contributed by atoms with Crippen LogP contribution in [0.4, 0.5) is 5.69 Å². The molecule has 0 spiro atoms. The summed E-state index contributed by atoms with van der Waals surface area (Å²) >= 11 is 0. The van der Waals surface area contributed by atoms with Crippen LogP contribution < -0.4 is 10.5 Å². The number of hydrogen-bond acceptors (Lipinski definition) is 4. The number of nitrogen functional groups attached to an aromatic ring is 1. The second-order valence-corrected chi connectivity index (χ2v) is 6.83. The summed E-state index contributed by atoms with van der Waals surface area (Å²) < 4.78 is 5.92. The van der Waals surface area contributed by atoms with Crippen LogP contribution in [-0.2, 0) is 0 Å². The van der Waals surface area contributed by atoms with Crippen molar-refractivity contribution in [3.63, 3.8) is 0 Å². The van der Waals surface area contributed by atoms with Gasteiger partial charge in [0.25, 0.3) is 0 Å². The molecule has 0 aromatic heterocycles. The molecule has 1 fully saturated rings. The van der Waals surface area contributed by atoms with Crippen molar-refractivity contribution >= 4 is 17.5 Å². The molecule has 0 bridgehead atoms. The van der Waals surface area contributed by atoms with E-state index in [0.29, 0.717) is 24.0 Å². The molecule has 3 N–H and O–H groups in total. The molecule has 2 aromatic rings. The van der Waals surface area contributed by atoms with Crippen LogP contribution in [0, 0.1) is 5.92 Å². The number of rotatable bonds is 6. The van der Waals surface area contributed by atoms with Gasteiger partial charge in [0.1, 0.15) is 17.1 Å². The molecule has 136 valence electrons. The largest absolute Gasteiger partial charge is 0.507 e. The smallest absolute Gasteiger partial charge is 0.193 e. The van der Waals surface area contributed by atoms with Crippen molar-refractivity contribution in [2.24, 2.45) is 5.92 Å². The van der Waals surface area contributed by atoms with Crippen molar-refractivity contribution in [3.8, 4) is 11.5 Å². The van der Waals surface area contributed by atoms with Crippen LogP contribution in [0.25, 0.3) is 6.08 Å². The minimum atomic E-state index is -0.279. The number of carbonyl (C=O) groups excluding carboxylic acids is 1. The highest BCUT2D eigenvalue weighted by molar-refractivity contribution is 6.10. The normalized spacial score (nSPS) is 15.2. The Labute approximate surface area is 154 Å². The second-order valence-electron chi connectivity index (χ2n) is 6.83. The maximum Gasteiger partial charge on any atom is 0.193 e. The van der Waals surface area contributed by atoms with Gasteiger partial charge in [-0.15, -0.1) is 0 Å². The number of benzene rings is 2. The summed E-state index contributed by atoms with van der Waals surface area (Å²) in [5, 5.41) is 10.2. The predicted molar refractivity (Wildman–Crippen MR) is 104 cm³/mol. The van der Waals surface area contributed by atoms with E-state index in [1.165, 1.54) is 44.2 Å². The Balaban J connectivity index is 1.73. The summed E-state index contributed by atoms with van der Waals surface area (Å²) in [6.45, 7) is 0.589. The number of anilines is 1. The Morgan fingerprint density at radius 2 is 1.85 bits per heavy atom. The molecule has 1 aliphatic rings. The van der Waals surface area contributed by atoms with Crippen molar-refractivity contribution in [1.29, 1.82) is 0 Å². The number of allylic oxidation sites excluding steroid dienone is 1. The van der Waals surface area contributed by atoms with Gasteiger partial charge in [0.2, 0.25) is 0 Å². The van der Waals surface area contributed by atoms with E-state index in [1.807, 2.05) is 12.1 Å². The van der Waals surface area contributed by atoms with E-state index in [0.717, 1.165) is 5.56 Å². The zero-order valence-electron chi connectivity index (χ0n) is 14.9. The Morgan fingerprint density at radius 1 is 1.12 bits per heavy atom. The Morgan fingerprint density at radius 3 is 2.58 bits per heavy atom. The van der Waals surface area contributed by atoms with Crippen LogP contribution >= 0.6 is 0 Å². The van der Waals surface area contributed by atoms with Crippen molar-refractivity contribution in [3.05, 3.63) is 59.7 Å². The lowest BCUT2D eigenvalue weighted by molar-refractivity contribution is 0.103. The minimum Gasteiger partial charge on any atom is -0.507 e. The summed E-state index contributed by atoms with van der Waals surface area (Å²) in [5.41, 5.74) is 7.43. The fourth-order valence-corrected chi connectivity index (χ4v) is 3.31. The van der Waals surface area contributed by atoms with E-state index >= 15 is 0 Å². The van der Waals surface area contributed by atoms with Gasteiger partial charge >= 0.3 is 0 Å². The van der Waals surface area contributed by atoms with Crippen LogP contribution in [0.1, 0.15) is 48.0 Å². The highest BCUT2D eigenvalue weighted by atomic mass is 16.5. The molecule has 1 saturated carbocycles. The van der Waals surface area contributed by atoms with Gasteiger partial charge in [-0.25, -0.2) is 0 Å². The average molecular weight is 351 g/mol. The number of phenols is 1. The lowest BCUT2D eigenvalue weighted by Gasteiger charge is -2.22. The first kappa shape index (κ1) is 18.1. The fourth-order valence-electron chi connectivity index (χ4n) is 3.31. The molecule has 0 unspecified atom stereocenters. The monoisotopic (exact) mass is 351 g/mol. The molecule has 0 saturated heterocycles. The summed E-state index contributed by atoms with van der Waals surface area (Å²) in [5.74, 6) is 0.638. The van der Waals surface area contributed by atoms with E-state index in [2.05, 4.69) is 0 Å². The van der Waals surface area contributed by atoms with E-state index in [9.17, 15) is 9.90 Å². The summed E-state index contributed by atoms with van der Waals surface area (Å²) in [4.78, 5) is 12.6. The molecule has 4 nitrogen and oxygen atoms in total. The van der Waals surface area contributed by atoms with Gasteiger partial charge in [-0.1, -0.05) is 43.5 Å². The van der Waals surface area contributed by atoms with Gasteiger partial charge in [0.05, 0.1) is 6.61 Å².